The Bertz CT molecular complexity index is 815. The van der Waals surface area contributed by atoms with E-state index in [0.717, 1.165) is 49.5 Å². The molecule has 4 rings (SSSR count). The van der Waals surface area contributed by atoms with Crippen molar-refractivity contribution in [1.29, 1.82) is 0 Å². The van der Waals surface area contributed by atoms with Crippen LogP contribution >= 0.6 is 0 Å². The van der Waals surface area contributed by atoms with Crippen LogP contribution in [0.1, 0.15) is 78.0 Å². The van der Waals surface area contributed by atoms with E-state index in [2.05, 4.69) is 53.1 Å². The van der Waals surface area contributed by atoms with Gasteiger partial charge in [-0.15, -0.1) is 0 Å². The van der Waals surface area contributed by atoms with Crippen molar-refractivity contribution in [3.63, 3.8) is 0 Å². The van der Waals surface area contributed by atoms with Crippen molar-refractivity contribution in [2.24, 2.45) is 0 Å². The van der Waals surface area contributed by atoms with Gasteiger partial charge in [-0.05, 0) is 67.5 Å². The van der Waals surface area contributed by atoms with Gasteiger partial charge >= 0.3 is 0 Å². The second-order valence-corrected chi connectivity index (χ2v) is 8.86. The number of benzene rings is 2. The summed E-state index contributed by atoms with van der Waals surface area (Å²) in [7, 11) is 0. The number of hydrogen-bond acceptors (Lipinski definition) is 3. The summed E-state index contributed by atoms with van der Waals surface area (Å²) in [6, 6.07) is 16.1. The van der Waals surface area contributed by atoms with E-state index in [1.807, 2.05) is 13.0 Å². The molecule has 2 aliphatic rings. The van der Waals surface area contributed by atoms with Gasteiger partial charge in [-0.3, -0.25) is 9.69 Å². The Morgan fingerprint density at radius 3 is 2.24 bits per heavy atom. The molecule has 0 aromatic heterocycles. The van der Waals surface area contributed by atoms with Crippen molar-refractivity contribution in [3.8, 4) is 0 Å². The van der Waals surface area contributed by atoms with Gasteiger partial charge in [-0.25, -0.2) is 0 Å². The second kappa shape index (κ2) is 9.13. The van der Waals surface area contributed by atoms with Crippen LogP contribution in [0.15, 0.2) is 42.5 Å². The third-order valence-electron chi connectivity index (χ3n) is 7.10. The first-order valence-corrected chi connectivity index (χ1v) is 11.3. The molecular weight excluding hydrogens is 356 g/mol. The molecule has 2 fully saturated rings. The molecule has 0 spiro atoms. The van der Waals surface area contributed by atoms with Crippen LogP contribution in [-0.2, 0) is 0 Å². The number of piperazine rings is 1. The predicted octanol–water partition coefficient (Wildman–Crippen LogP) is 5.74. The Balaban J connectivity index is 1.35. The molecule has 0 amide bonds. The van der Waals surface area contributed by atoms with Gasteiger partial charge in [0.05, 0.1) is 0 Å². The highest BCUT2D eigenvalue weighted by Crippen LogP contribution is 2.33. The molecule has 0 unspecified atom stereocenters. The maximum absolute atomic E-state index is 11.1. The van der Waals surface area contributed by atoms with Gasteiger partial charge in [0.15, 0.2) is 0 Å². The summed E-state index contributed by atoms with van der Waals surface area (Å²) >= 11 is 0. The molecule has 2 aromatic rings. The van der Waals surface area contributed by atoms with E-state index >= 15 is 0 Å². The lowest BCUT2D eigenvalue weighted by Crippen LogP contribution is -2.47. The van der Waals surface area contributed by atoms with Gasteiger partial charge < -0.3 is 4.90 Å². The molecule has 0 N–H and O–H groups in total. The minimum absolute atomic E-state index is 0.455. The van der Waals surface area contributed by atoms with Gasteiger partial charge in [0.25, 0.3) is 0 Å². The molecule has 1 atom stereocenters. The Morgan fingerprint density at radius 2 is 1.62 bits per heavy atom. The highest BCUT2D eigenvalue weighted by atomic mass is 16.1. The summed E-state index contributed by atoms with van der Waals surface area (Å²) in [5.41, 5.74) is 6.06. The maximum Gasteiger partial charge on any atom is 0.150 e. The Labute approximate surface area is 175 Å². The number of carbonyl (C=O) groups is 1. The molecule has 1 saturated carbocycles. The Morgan fingerprint density at radius 1 is 0.931 bits per heavy atom. The number of aryl methyl sites for hydroxylation is 1. The lowest BCUT2D eigenvalue weighted by atomic mass is 9.83. The topological polar surface area (TPSA) is 23.6 Å². The first kappa shape index (κ1) is 20.2. The van der Waals surface area contributed by atoms with E-state index in [-0.39, 0.29) is 0 Å². The first-order valence-electron chi connectivity index (χ1n) is 11.3. The molecule has 29 heavy (non-hydrogen) atoms. The van der Waals surface area contributed by atoms with Crippen molar-refractivity contribution in [2.45, 2.75) is 57.9 Å². The van der Waals surface area contributed by atoms with Crippen LogP contribution in [-0.4, -0.2) is 37.4 Å². The van der Waals surface area contributed by atoms with Crippen molar-refractivity contribution in [2.75, 3.05) is 31.1 Å². The van der Waals surface area contributed by atoms with E-state index in [1.54, 1.807) is 5.56 Å². The lowest BCUT2D eigenvalue weighted by Gasteiger charge is -2.39. The summed E-state index contributed by atoms with van der Waals surface area (Å²) in [5, 5.41) is 0. The lowest BCUT2D eigenvalue weighted by molar-refractivity contribution is 0.112. The van der Waals surface area contributed by atoms with E-state index in [4.69, 9.17) is 0 Å². The number of nitrogens with zero attached hydrogens (tertiary/aromatic N) is 2. The van der Waals surface area contributed by atoms with E-state index in [9.17, 15) is 4.79 Å². The average molecular weight is 391 g/mol. The minimum atomic E-state index is 0.455. The zero-order chi connectivity index (χ0) is 20.2. The van der Waals surface area contributed by atoms with Crippen LogP contribution in [0.25, 0.3) is 0 Å². The quantitative estimate of drug-likeness (QED) is 0.608. The molecule has 0 radical (unpaired) electrons. The molecule has 154 valence electrons. The van der Waals surface area contributed by atoms with Crippen LogP contribution in [0.4, 0.5) is 5.69 Å². The average Bonchev–Trinajstić information content (AvgIpc) is 2.79. The zero-order valence-corrected chi connectivity index (χ0v) is 17.9. The molecule has 0 bridgehead atoms. The van der Waals surface area contributed by atoms with Crippen LogP contribution in [0.5, 0.6) is 0 Å². The highest BCUT2D eigenvalue weighted by molar-refractivity contribution is 5.78. The second-order valence-electron chi connectivity index (χ2n) is 8.86. The largest absolute Gasteiger partial charge is 0.369 e. The van der Waals surface area contributed by atoms with Crippen molar-refractivity contribution in [1.82, 2.24) is 4.90 Å². The molecule has 2 aromatic carbocycles. The first-order chi connectivity index (χ1) is 14.2. The number of hydrogen-bond donors (Lipinski definition) is 0. The summed E-state index contributed by atoms with van der Waals surface area (Å²) < 4.78 is 0. The smallest absolute Gasteiger partial charge is 0.150 e. The summed E-state index contributed by atoms with van der Waals surface area (Å²) in [5.74, 6) is 0.783. The number of carbonyl (C=O) groups excluding carboxylic acids is 1. The van der Waals surface area contributed by atoms with Gasteiger partial charge in [0.1, 0.15) is 6.29 Å². The molecule has 1 heterocycles. The molecule has 1 saturated heterocycles. The highest BCUT2D eigenvalue weighted by Gasteiger charge is 2.23. The summed E-state index contributed by atoms with van der Waals surface area (Å²) in [4.78, 5) is 16.1. The van der Waals surface area contributed by atoms with Gasteiger partial charge in [0.2, 0.25) is 0 Å². The van der Waals surface area contributed by atoms with Crippen LogP contribution in [0.2, 0.25) is 0 Å². The molecule has 3 nitrogen and oxygen atoms in total. The fourth-order valence-electron chi connectivity index (χ4n) is 5.05. The standard InChI is InChI=1S/C26H34N2O/c1-20-18-26(13-12-25(20)19-29)28-16-14-27(15-17-28)21(2)22-8-10-24(11-9-22)23-6-4-3-5-7-23/h8-13,18-19,21,23H,3-7,14-17H2,1-2H3/t21-/m1/s1. The van der Waals surface area contributed by atoms with Gasteiger partial charge in [0, 0.05) is 43.5 Å². The maximum atomic E-state index is 11.1. The summed E-state index contributed by atoms with van der Waals surface area (Å²) in [6.07, 6.45) is 7.87. The SMILES string of the molecule is Cc1cc(N2CCN([C@H](C)c3ccc(C4CCCCC4)cc3)CC2)ccc1C=O. The molecule has 1 aliphatic carbocycles. The van der Waals surface area contributed by atoms with Gasteiger partial charge in [-0.2, -0.15) is 0 Å². The minimum Gasteiger partial charge on any atom is -0.369 e. The number of aldehydes is 1. The van der Waals surface area contributed by atoms with Crippen LogP contribution in [0, 0.1) is 6.92 Å². The van der Waals surface area contributed by atoms with E-state index in [0.29, 0.717) is 6.04 Å². The van der Waals surface area contributed by atoms with Crippen molar-refractivity contribution >= 4 is 12.0 Å². The zero-order valence-electron chi connectivity index (χ0n) is 17.9. The fourth-order valence-corrected chi connectivity index (χ4v) is 5.05. The Hall–Kier alpha value is -2.13. The third-order valence-corrected chi connectivity index (χ3v) is 7.10. The van der Waals surface area contributed by atoms with Crippen molar-refractivity contribution < 1.29 is 4.79 Å². The summed E-state index contributed by atoms with van der Waals surface area (Å²) in [6.45, 7) is 8.56. The van der Waals surface area contributed by atoms with E-state index < -0.39 is 0 Å². The molecule has 3 heteroatoms. The molecular formula is C26H34N2O. The number of rotatable bonds is 5. The fraction of sp³-hybridized carbons (Fsp3) is 0.500. The number of anilines is 1. The monoisotopic (exact) mass is 390 g/mol. The van der Waals surface area contributed by atoms with E-state index in [1.165, 1.54) is 43.4 Å². The normalized spacial score (nSPS) is 19.9. The molecule has 1 aliphatic heterocycles. The Kier molecular flexibility index (Phi) is 6.34. The van der Waals surface area contributed by atoms with Crippen molar-refractivity contribution in [3.05, 3.63) is 64.7 Å². The van der Waals surface area contributed by atoms with Crippen LogP contribution < -0.4 is 4.90 Å². The van der Waals surface area contributed by atoms with Crippen LogP contribution in [0.3, 0.4) is 0 Å². The third kappa shape index (κ3) is 4.56. The predicted molar refractivity (Wildman–Crippen MR) is 121 cm³/mol. The van der Waals surface area contributed by atoms with Gasteiger partial charge in [-0.1, -0.05) is 43.5 Å².